The molecule has 3 fully saturated rings. The number of alkyl carbamates (subject to hydrolysis) is 1. The first-order valence-corrected chi connectivity index (χ1v) is 19.9. The summed E-state index contributed by atoms with van der Waals surface area (Å²) in [5.74, 6) is -4.10. The van der Waals surface area contributed by atoms with Crippen LogP contribution in [0.25, 0.3) is 0 Å². The summed E-state index contributed by atoms with van der Waals surface area (Å²) in [4.78, 5) is 85.8. The van der Waals surface area contributed by atoms with Crippen LogP contribution in [-0.4, -0.2) is 113 Å². The van der Waals surface area contributed by atoms with E-state index in [4.69, 9.17) is 9.47 Å². The molecule has 6 amide bonds. The van der Waals surface area contributed by atoms with Gasteiger partial charge in [0.1, 0.15) is 35.1 Å². The largest absolute Gasteiger partial charge is 0.444 e. The molecule has 5 aliphatic rings. The van der Waals surface area contributed by atoms with Crippen molar-refractivity contribution in [3.8, 4) is 0 Å². The number of fused-ring (bicyclic) bond motifs is 3. The van der Waals surface area contributed by atoms with Gasteiger partial charge in [-0.15, -0.1) is 0 Å². The predicted octanol–water partition coefficient (Wildman–Crippen LogP) is 1.99. The molecule has 18 heteroatoms. The number of nitrogens with zero attached hydrogens (tertiary/aromatic N) is 3. The fraction of sp³-hybridized carbons (Fsp3) is 0.568. The van der Waals surface area contributed by atoms with Crippen LogP contribution in [0.1, 0.15) is 70.4 Å². The highest BCUT2D eigenvalue weighted by Crippen LogP contribution is 2.46. The van der Waals surface area contributed by atoms with E-state index in [1.165, 1.54) is 21.9 Å². The second-order valence-corrected chi connectivity index (χ2v) is 17.6. The van der Waals surface area contributed by atoms with E-state index in [1.807, 2.05) is 0 Å². The zero-order chi connectivity index (χ0) is 39.9. The molecule has 0 aromatic heterocycles. The van der Waals surface area contributed by atoms with Gasteiger partial charge in [-0.2, -0.15) is 0 Å². The molecule has 1 aromatic carbocycles. The Bertz CT molecular complexity index is 1910. The number of sulfonamides is 1. The van der Waals surface area contributed by atoms with E-state index in [0.717, 1.165) is 11.0 Å². The molecule has 6 rings (SSSR count). The van der Waals surface area contributed by atoms with Crippen molar-refractivity contribution in [2.45, 2.75) is 107 Å². The van der Waals surface area contributed by atoms with Crippen molar-refractivity contribution in [1.29, 1.82) is 0 Å². The molecular weight excluding hydrogens is 740 g/mol. The minimum atomic E-state index is -3.98. The van der Waals surface area contributed by atoms with Crippen LogP contribution in [-0.2, 0) is 51.8 Å². The maximum atomic E-state index is 14.6. The van der Waals surface area contributed by atoms with Gasteiger partial charge in [0.2, 0.25) is 27.7 Å². The standard InChI is InChI=1S/C37H47FN6O10S/c1-5-30(45)42-15-8-6-7-11-23-17-37(23,33(48)41-55(51,52)25-13-14-25)40-31(46)29-16-24(53-35(50)43-18-22-10-9-12-27(38)26(22)20-43)19-44(29)32(47)28(21-42)39-34(49)54-36(2,3)4/h5,7,9-12,23-25,28-29H,1,6,8,13-21H2,2-4H3,(H,39,49)(H,40,46)(H,41,48)/b11-7-/t23?,24-,28+,29?,37?/m1/s1. The van der Waals surface area contributed by atoms with Crippen molar-refractivity contribution in [3.05, 3.63) is 60.0 Å². The number of halogens is 1. The van der Waals surface area contributed by atoms with Gasteiger partial charge in [-0.05, 0) is 70.6 Å². The highest BCUT2D eigenvalue weighted by molar-refractivity contribution is 7.91. The third-order valence-corrected chi connectivity index (χ3v) is 12.1. The van der Waals surface area contributed by atoms with E-state index in [2.05, 4.69) is 21.9 Å². The number of amides is 6. The highest BCUT2D eigenvalue weighted by atomic mass is 32.2. The molecule has 2 saturated carbocycles. The van der Waals surface area contributed by atoms with Crippen LogP contribution >= 0.6 is 0 Å². The molecule has 0 spiro atoms. The average molecular weight is 787 g/mol. The molecule has 1 aromatic rings. The Balaban J connectivity index is 1.31. The number of hydrogen-bond donors (Lipinski definition) is 3. The first-order chi connectivity index (χ1) is 25.9. The summed E-state index contributed by atoms with van der Waals surface area (Å²) < 4.78 is 53.5. The van der Waals surface area contributed by atoms with Gasteiger partial charge in [0.25, 0.3) is 5.91 Å². The summed E-state index contributed by atoms with van der Waals surface area (Å²) in [6, 6.07) is 1.71. The first kappa shape index (κ1) is 39.7. The maximum absolute atomic E-state index is 14.6. The summed E-state index contributed by atoms with van der Waals surface area (Å²) in [7, 11) is -3.98. The molecule has 3 unspecified atom stereocenters. The minimum Gasteiger partial charge on any atom is -0.444 e. The van der Waals surface area contributed by atoms with Crippen molar-refractivity contribution in [1.82, 2.24) is 30.1 Å². The molecule has 3 N–H and O–H groups in total. The fourth-order valence-electron chi connectivity index (χ4n) is 7.21. The number of hydrogen-bond acceptors (Lipinski definition) is 10. The van der Waals surface area contributed by atoms with Crippen LogP contribution < -0.4 is 15.4 Å². The van der Waals surface area contributed by atoms with E-state index in [-0.39, 0.29) is 45.6 Å². The number of ether oxygens (including phenoxy) is 2. The molecule has 16 nitrogen and oxygen atoms in total. The van der Waals surface area contributed by atoms with E-state index in [9.17, 15) is 41.6 Å². The molecular formula is C37H47FN6O10S. The first-order valence-electron chi connectivity index (χ1n) is 18.4. The van der Waals surface area contributed by atoms with E-state index in [0.29, 0.717) is 36.8 Å². The Morgan fingerprint density at radius 2 is 1.84 bits per heavy atom. The third-order valence-electron chi connectivity index (χ3n) is 10.3. The van der Waals surface area contributed by atoms with Gasteiger partial charge in [0, 0.05) is 31.0 Å². The van der Waals surface area contributed by atoms with E-state index in [1.54, 1.807) is 39.0 Å². The SMILES string of the molecule is C=CC(=O)N1CCC/C=C\C2CC2(C(=O)NS(=O)(=O)C2CC2)NC(=O)C2C[C@@H](OC(=O)N3Cc4cccc(F)c4C3)CN2C(=O)[C@@H](NC(=O)OC(C)(C)C)C1. The van der Waals surface area contributed by atoms with Gasteiger partial charge in [-0.1, -0.05) is 30.9 Å². The van der Waals surface area contributed by atoms with Crippen molar-refractivity contribution in [3.63, 3.8) is 0 Å². The number of allylic oxidation sites excluding steroid dienone is 1. The summed E-state index contributed by atoms with van der Waals surface area (Å²) in [5, 5.41) is 4.58. The molecule has 3 heterocycles. The van der Waals surface area contributed by atoms with Crippen LogP contribution in [0.5, 0.6) is 0 Å². The van der Waals surface area contributed by atoms with Crippen LogP contribution in [0, 0.1) is 11.7 Å². The normalized spacial score (nSPS) is 27.6. The van der Waals surface area contributed by atoms with Crippen LogP contribution in [0.2, 0.25) is 0 Å². The summed E-state index contributed by atoms with van der Waals surface area (Å²) in [6.07, 6.45) is 3.24. The van der Waals surface area contributed by atoms with Crippen molar-refractivity contribution < 1.29 is 51.0 Å². The second kappa shape index (κ2) is 15.3. The van der Waals surface area contributed by atoms with Gasteiger partial charge in [-0.3, -0.25) is 28.8 Å². The van der Waals surface area contributed by atoms with Gasteiger partial charge in [0.05, 0.1) is 24.9 Å². The lowest BCUT2D eigenvalue weighted by molar-refractivity contribution is -0.142. The minimum absolute atomic E-state index is 0.0501. The molecule has 298 valence electrons. The van der Waals surface area contributed by atoms with Gasteiger partial charge >= 0.3 is 12.2 Å². The van der Waals surface area contributed by atoms with Crippen molar-refractivity contribution in [2.75, 3.05) is 19.6 Å². The lowest BCUT2D eigenvalue weighted by Gasteiger charge is -2.32. The van der Waals surface area contributed by atoms with Gasteiger partial charge in [0.15, 0.2) is 0 Å². The van der Waals surface area contributed by atoms with E-state index < -0.39 is 92.2 Å². The Morgan fingerprint density at radius 3 is 2.51 bits per heavy atom. The summed E-state index contributed by atoms with van der Waals surface area (Å²) in [6.45, 7) is 7.99. The smallest absolute Gasteiger partial charge is 0.410 e. The number of carbonyl (C=O) groups is 6. The third kappa shape index (κ3) is 8.95. The van der Waals surface area contributed by atoms with Crippen LogP contribution in [0.3, 0.4) is 0 Å². The highest BCUT2D eigenvalue weighted by Gasteiger charge is 2.62. The van der Waals surface area contributed by atoms with Crippen LogP contribution in [0.15, 0.2) is 43.0 Å². The summed E-state index contributed by atoms with van der Waals surface area (Å²) >= 11 is 0. The Morgan fingerprint density at radius 1 is 1.09 bits per heavy atom. The Kier molecular flexibility index (Phi) is 11.0. The Hall–Kier alpha value is -5.00. The molecule has 5 atom stereocenters. The second-order valence-electron chi connectivity index (χ2n) is 15.7. The fourth-order valence-corrected chi connectivity index (χ4v) is 8.57. The molecule has 3 aliphatic heterocycles. The van der Waals surface area contributed by atoms with Crippen molar-refractivity contribution >= 4 is 45.8 Å². The quantitative estimate of drug-likeness (QED) is 0.283. The van der Waals surface area contributed by atoms with Gasteiger partial charge in [-0.25, -0.2) is 22.4 Å². The number of benzene rings is 1. The predicted molar refractivity (Wildman–Crippen MR) is 193 cm³/mol. The van der Waals surface area contributed by atoms with Crippen molar-refractivity contribution in [2.24, 2.45) is 5.92 Å². The van der Waals surface area contributed by atoms with E-state index >= 15 is 0 Å². The zero-order valence-corrected chi connectivity index (χ0v) is 31.9. The topological polar surface area (TPSA) is 201 Å². The lowest BCUT2D eigenvalue weighted by Crippen LogP contribution is -2.60. The number of rotatable bonds is 6. The zero-order valence-electron chi connectivity index (χ0n) is 31.0. The monoisotopic (exact) mass is 786 g/mol. The maximum Gasteiger partial charge on any atom is 0.410 e. The molecule has 1 saturated heterocycles. The molecule has 0 radical (unpaired) electrons. The molecule has 55 heavy (non-hydrogen) atoms. The average Bonchev–Trinajstić information content (AvgIpc) is 3.99. The molecule has 0 bridgehead atoms. The lowest BCUT2D eigenvalue weighted by atomic mass is 10.1. The summed E-state index contributed by atoms with van der Waals surface area (Å²) in [5.41, 5.74) is -1.64. The van der Waals surface area contributed by atoms with Crippen LogP contribution in [0.4, 0.5) is 14.0 Å². The van der Waals surface area contributed by atoms with Gasteiger partial charge < -0.3 is 29.9 Å². The Labute approximate surface area is 318 Å². The number of nitrogens with one attached hydrogen (secondary N) is 3. The number of carbonyl (C=O) groups excluding carboxylic acids is 6. The molecule has 2 aliphatic carbocycles.